The molecule has 1 fully saturated rings. The van der Waals surface area contributed by atoms with Crippen molar-refractivity contribution >= 4 is 18.1 Å². The van der Waals surface area contributed by atoms with Crippen LogP contribution in [0.5, 0.6) is 0 Å². The van der Waals surface area contributed by atoms with E-state index in [4.69, 9.17) is 11.5 Å². The Kier molecular flexibility index (Phi) is 7.13. The minimum Gasteiger partial charge on any atom is -0.369 e. The minimum atomic E-state index is -0.382. The Morgan fingerprint density at radius 2 is 1.15 bits per heavy atom. The molecular formula is C12H23N5O3. The fourth-order valence-electron chi connectivity index (χ4n) is 2.23. The zero-order valence-electron chi connectivity index (χ0n) is 11.7. The van der Waals surface area contributed by atoms with Crippen LogP contribution in [0.4, 0.5) is 0 Å². The number of aldehydes is 1. The van der Waals surface area contributed by atoms with E-state index in [1.54, 1.807) is 0 Å². The van der Waals surface area contributed by atoms with Crippen molar-refractivity contribution in [3.05, 3.63) is 0 Å². The van der Waals surface area contributed by atoms with Crippen LogP contribution in [-0.2, 0) is 14.4 Å². The fraction of sp³-hybridized carbons (Fsp3) is 0.750. The third-order valence-electron chi connectivity index (χ3n) is 3.29. The van der Waals surface area contributed by atoms with Gasteiger partial charge in [0.05, 0.1) is 19.6 Å². The van der Waals surface area contributed by atoms with Gasteiger partial charge in [0.25, 0.3) is 0 Å². The van der Waals surface area contributed by atoms with E-state index in [0.717, 1.165) is 6.29 Å². The molecule has 8 nitrogen and oxygen atoms in total. The third-order valence-corrected chi connectivity index (χ3v) is 3.29. The molecule has 4 N–H and O–H groups in total. The monoisotopic (exact) mass is 285 g/mol. The van der Waals surface area contributed by atoms with Crippen molar-refractivity contribution in [1.29, 1.82) is 0 Å². The number of rotatable bonds is 6. The van der Waals surface area contributed by atoms with Crippen molar-refractivity contribution in [2.45, 2.75) is 0 Å². The standard InChI is InChI=1S/C12H23N5O3/c13-11(19)9-16-3-1-15(7-8-18)2-4-17(6-5-16)10-12(14)20/h8H,1-7,9-10H2,(H2,13,19)(H2,14,20). The van der Waals surface area contributed by atoms with Crippen LogP contribution in [0.1, 0.15) is 0 Å². The lowest BCUT2D eigenvalue weighted by molar-refractivity contribution is -0.120. The van der Waals surface area contributed by atoms with E-state index in [1.165, 1.54) is 0 Å². The molecular weight excluding hydrogens is 262 g/mol. The lowest BCUT2D eigenvalue weighted by Gasteiger charge is -2.23. The van der Waals surface area contributed by atoms with Gasteiger partial charge in [-0.25, -0.2) is 0 Å². The van der Waals surface area contributed by atoms with E-state index in [1.807, 2.05) is 14.7 Å². The van der Waals surface area contributed by atoms with Gasteiger partial charge in [-0.05, 0) is 0 Å². The first-order chi connectivity index (χ1) is 9.51. The smallest absolute Gasteiger partial charge is 0.231 e. The van der Waals surface area contributed by atoms with Crippen LogP contribution < -0.4 is 11.5 Å². The molecule has 1 rings (SSSR count). The Bertz CT molecular complexity index is 322. The highest BCUT2D eigenvalue weighted by molar-refractivity contribution is 5.76. The highest BCUT2D eigenvalue weighted by Gasteiger charge is 2.18. The maximum atomic E-state index is 11.0. The summed E-state index contributed by atoms with van der Waals surface area (Å²) in [5.74, 6) is -0.764. The Labute approximate surface area is 118 Å². The number of nitrogens with zero attached hydrogens (tertiary/aromatic N) is 3. The van der Waals surface area contributed by atoms with Gasteiger partial charge in [0.2, 0.25) is 11.8 Å². The molecule has 0 spiro atoms. The Morgan fingerprint density at radius 3 is 1.45 bits per heavy atom. The molecule has 1 heterocycles. The summed E-state index contributed by atoms with van der Waals surface area (Å²) in [4.78, 5) is 38.6. The Balaban J connectivity index is 2.64. The van der Waals surface area contributed by atoms with Gasteiger partial charge in [-0.15, -0.1) is 0 Å². The summed E-state index contributed by atoms with van der Waals surface area (Å²) in [6.45, 7) is 4.71. The molecule has 0 saturated carbocycles. The van der Waals surface area contributed by atoms with Crippen molar-refractivity contribution in [1.82, 2.24) is 14.7 Å². The van der Waals surface area contributed by atoms with Gasteiger partial charge in [-0.1, -0.05) is 0 Å². The second kappa shape index (κ2) is 8.62. The molecule has 114 valence electrons. The molecule has 1 aliphatic heterocycles. The van der Waals surface area contributed by atoms with Gasteiger partial charge in [0, 0.05) is 39.3 Å². The van der Waals surface area contributed by atoms with E-state index in [0.29, 0.717) is 45.8 Å². The summed E-state index contributed by atoms with van der Waals surface area (Å²) in [6, 6.07) is 0. The second-order valence-electron chi connectivity index (χ2n) is 4.95. The summed E-state index contributed by atoms with van der Waals surface area (Å²) in [7, 11) is 0. The zero-order valence-corrected chi connectivity index (χ0v) is 11.7. The van der Waals surface area contributed by atoms with E-state index in [9.17, 15) is 14.4 Å². The van der Waals surface area contributed by atoms with Gasteiger partial charge in [-0.3, -0.25) is 24.3 Å². The zero-order chi connectivity index (χ0) is 15.0. The van der Waals surface area contributed by atoms with Crippen molar-refractivity contribution in [2.24, 2.45) is 11.5 Å². The molecule has 20 heavy (non-hydrogen) atoms. The van der Waals surface area contributed by atoms with Gasteiger partial charge in [0.15, 0.2) is 0 Å². The Morgan fingerprint density at radius 1 is 0.800 bits per heavy atom. The van der Waals surface area contributed by atoms with E-state index in [2.05, 4.69) is 0 Å². The number of hydrogen-bond acceptors (Lipinski definition) is 6. The largest absolute Gasteiger partial charge is 0.369 e. The predicted octanol–water partition coefficient (Wildman–Crippen LogP) is -2.92. The van der Waals surface area contributed by atoms with Gasteiger partial charge in [-0.2, -0.15) is 0 Å². The number of hydrogen-bond donors (Lipinski definition) is 2. The lowest BCUT2D eigenvalue weighted by atomic mass is 10.4. The number of primary amides is 2. The average Bonchev–Trinajstić information content (AvgIpc) is 2.43. The van der Waals surface area contributed by atoms with Crippen LogP contribution in [-0.4, -0.2) is 91.7 Å². The lowest BCUT2D eigenvalue weighted by Crippen LogP contribution is -2.42. The molecule has 1 saturated heterocycles. The number of carbonyl (C=O) groups excluding carboxylic acids is 3. The van der Waals surface area contributed by atoms with Gasteiger partial charge in [0.1, 0.15) is 6.29 Å². The normalized spacial score (nSPS) is 19.8. The van der Waals surface area contributed by atoms with E-state index < -0.39 is 0 Å². The second-order valence-corrected chi connectivity index (χ2v) is 4.95. The highest BCUT2D eigenvalue weighted by atomic mass is 16.1. The molecule has 0 aliphatic carbocycles. The van der Waals surface area contributed by atoms with Crippen LogP contribution in [0.25, 0.3) is 0 Å². The third kappa shape index (κ3) is 6.60. The fourth-order valence-corrected chi connectivity index (χ4v) is 2.23. The Hall–Kier alpha value is -1.51. The molecule has 0 aromatic heterocycles. The van der Waals surface area contributed by atoms with Crippen LogP contribution in [0.3, 0.4) is 0 Å². The SMILES string of the molecule is NC(=O)CN1CCN(CC=O)CCN(CC(N)=O)CC1. The van der Waals surface area contributed by atoms with Crippen LogP contribution >= 0.6 is 0 Å². The molecule has 0 aromatic rings. The molecule has 0 aromatic carbocycles. The first kappa shape index (κ1) is 16.5. The quantitative estimate of drug-likeness (QED) is 0.505. The summed E-state index contributed by atoms with van der Waals surface area (Å²) < 4.78 is 0. The average molecular weight is 285 g/mol. The van der Waals surface area contributed by atoms with Crippen LogP contribution in [0.15, 0.2) is 0 Å². The van der Waals surface area contributed by atoms with Gasteiger partial charge >= 0.3 is 0 Å². The number of nitrogens with two attached hydrogens (primary N) is 2. The minimum absolute atomic E-state index is 0.180. The van der Waals surface area contributed by atoms with Crippen molar-refractivity contribution in [3.8, 4) is 0 Å². The summed E-state index contributed by atoms with van der Waals surface area (Å²) >= 11 is 0. The first-order valence-corrected chi connectivity index (χ1v) is 6.68. The molecule has 1 aliphatic rings. The van der Waals surface area contributed by atoms with Gasteiger partial charge < -0.3 is 16.3 Å². The summed E-state index contributed by atoms with van der Waals surface area (Å²) in [5, 5.41) is 0. The molecule has 8 heteroatoms. The predicted molar refractivity (Wildman–Crippen MR) is 73.8 cm³/mol. The summed E-state index contributed by atoms with van der Waals surface area (Å²) in [6.07, 6.45) is 0.856. The van der Waals surface area contributed by atoms with E-state index in [-0.39, 0.29) is 24.9 Å². The molecule has 2 amide bonds. The van der Waals surface area contributed by atoms with Crippen LogP contribution in [0.2, 0.25) is 0 Å². The maximum absolute atomic E-state index is 11.0. The molecule has 0 bridgehead atoms. The summed E-state index contributed by atoms with van der Waals surface area (Å²) in [5.41, 5.74) is 10.4. The first-order valence-electron chi connectivity index (χ1n) is 6.68. The van der Waals surface area contributed by atoms with Crippen molar-refractivity contribution in [2.75, 3.05) is 58.9 Å². The van der Waals surface area contributed by atoms with Crippen LogP contribution in [0, 0.1) is 0 Å². The number of amides is 2. The molecule has 0 atom stereocenters. The number of carbonyl (C=O) groups is 3. The van der Waals surface area contributed by atoms with Crippen molar-refractivity contribution in [3.63, 3.8) is 0 Å². The van der Waals surface area contributed by atoms with E-state index >= 15 is 0 Å². The molecule has 0 unspecified atom stereocenters. The topological polar surface area (TPSA) is 113 Å². The van der Waals surface area contributed by atoms with Crippen molar-refractivity contribution < 1.29 is 14.4 Å². The molecule has 0 radical (unpaired) electrons. The highest BCUT2D eigenvalue weighted by Crippen LogP contribution is 1.99. The maximum Gasteiger partial charge on any atom is 0.231 e.